The number of rotatable bonds is 1. The summed E-state index contributed by atoms with van der Waals surface area (Å²) < 4.78 is 0. The summed E-state index contributed by atoms with van der Waals surface area (Å²) in [6, 6.07) is 4.16. The van der Waals surface area contributed by atoms with Crippen molar-refractivity contribution < 1.29 is 0 Å². The van der Waals surface area contributed by atoms with Crippen LogP contribution in [0.2, 0.25) is 0 Å². The van der Waals surface area contributed by atoms with Gasteiger partial charge in [-0.2, -0.15) is 0 Å². The van der Waals surface area contributed by atoms with Gasteiger partial charge in [0.1, 0.15) is 5.82 Å². The molecule has 3 nitrogen and oxygen atoms in total. The monoisotopic (exact) mass is 163 g/mol. The summed E-state index contributed by atoms with van der Waals surface area (Å²) in [6.45, 7) is 2.01. The van der Waals surface area contributed by atoms with E-state index in [1.165, 1.54) is 11.3 Å². The van der Waals surface area contributed by atoms with Gasteiger partial charge in [-0.25, -0.2) is 4.98 Å². The van der Waals surface area contributed by atoms with Crippen LogP contribution in [-0.2, 0) is 13.0 Å². The molecule has 0 aliphatic carbocycles. The van der Waals surface area contributed by atoms with Gasteiger partial charge >= 0.3 is 0 Å². The zero-order chi connectivity index (χ0) is 8.39. The van der Waals surface area contributed by atoms with E-state index in [9.17, 15) is 0 Å². The van der Waals surface area contributed by atoms with E-state index < -0.39 is 0 Å². The minimum atomic E-state index is 0.965. The average molecular weight is 163 g/mol. The van der Waals surface area contributed by atoms with E-state index in [-0.39, 0.29) is 0 Å². The fraction of sp³-hybridized carbons (Fsp3) is 0.444. The predicted molar refractivity (Wildman–Crippen MR) is 49.2 cm³/mol. The molecular weight excluding hydrogens is 150 g/mol. The van der Waals surface area contributed by atoms with E-state index in [1.807, 2.05) is 13.1 Å². The topological polar surface area (TPSA) is 37.0 Å². The van der Waals surface area contributed by atoms with Gasteiger partial charge in [-0.15, -0.1) is 0 Å². The van der Waals surface area contributed by atoms with E-state index in [0.717, 1.165) is 25.3 Å². The minimum Gasteiger partial charge on any atom is -0.373 e. The van der Waals surface area contributed by atoms with Gasteiger partial charge in [0.05, 0.1) is 0 Å². The van der Waals surface area contributed by atoms with Crippen LogP contribution < -0.4 is 10.6 Å². The third-order valence-corrected chi connectivity index (χ3v) is 2.18. The summed E-state index contributed by atoms with van der Waals surface area (Å²) in [6.07, 6.45) is 1.05. The average Bonchev–Trinajstić information content (AvgIpc) is 2.17. The smallest absolute Gasteiger partial charge is 0.125 e. The van der Waals surface area contributed by atoms with Crippen molar-refractivity contribution in [3.8, 4) is 0 Å². The highest BCUT2D eigenvalue weighted by Gasteiger charge is 2.09. The van der Waals surface area contributed by atoms with Gasteiger partial charge < -0.3 is 10.6 Å². The molecule has 0 bridgehead atoms. The lowest BCUT2D eigenvalue weighted by atomic mass is 10.1. The summed E-state index contributed by atoms with van der Waals surface area (Å²) in [4.78, 5) is 4.48. The Morgan fingerprint density at radius 3 is 3.25 bits per heavy atom. The highest BCUT2D eigenvalue weighted by molar-refractivity contribution is 5.38. The number of nitrogens with one attached hydrogen (secondary N) is 2. The number of aromatic nitrogens is 1. The van der Waals surface area contributed by atoms with Crippen molar-refractivity contribution in [1.29, 1.82) is 0 Å². The fourth-order valence-corrected chi connectivity index (χ4v) is 1.48. The highest BCUT2D eigenvalue weighted by Crippen LogP contribution is 2.13. The molecule has 2 rings (SSSR count). The first kappa shape index (κ1) is 7.55. The second-order valence-electron chi connectivity index (χ2n) is 2.98. The van der Waals surface area contributed by atoms with Crippen LogP contribution in [0.25, 0.3) is 0 Å². The maximum atomic E-state index is 4.48. The molecule has 1 aromatic heterocycles. The van der Waals surface area contributed by atoms with Gasteiger partial charge in [0.2, 0.25) is 0 Å². The molecule has 0 unspecified atom stereocenters. The Labute approximate surface area is 72.2 Å². The summed E-state index contributed by atoms with van der Waals surface area (Å²) >= 11 is 0. The SMILES string of the molecule is CNc1ccc2c(n1)CCNC2. The Kier molecular flexibility index (Phi) is 1.96. The molecule has 0 atom stereocenters. The number of hydrogen-bond acceptors (Lipinski definition) is 3. The lowest BCUT2D eigenvalue weighted by Gasteiger charge is -2.16. The Balaban J connectivity index is 2.36. The number of fused-ring (bicyclic) bond motifs is 1. The maximum Gasteiger partial charge on any atom is 0.125 e. The van der Waals surface area contributed by atoms with Crippen LogP contribution in [0.3, 0.4) is 0 Å². The standard InChI is InChI=1S/C9H13N3/c1-10-9-3-2-7-6-11-5-4-8(7)12-9/h2-3,11H,4-6H2,1H3,(H,10,12). The molecule has 0 radical (unpaired) electrons. The zero-order valence-electron chi connectivity index (χ0n) is 7.22. The van der Waals surface area contributed by atoms with Crippen molar-refractivity contribution >= 4 is 5.82 Å². The molecule has 3 heteroatoms. The van der Waals surface area contributed by atoms with Crippen molar-refractivity contribution in [3.63, 3.8) is 0 Å². The molecule has 0 aromatic carbocycles. The van der Waals surface area contributed by atoms with Crippen LogP contribution in [0.15, 0.2) is 12.1 Å². The third kappa shape index (κ3) is 1.28. The molecule has 0 spiro atoms. The van der Waals surface area contributed by atoms with E-state index >= 15 is 0 Å². The second kappa shape index (κ2) is 3.11. The zero-order valence-corrected chi connectivity index (χ0v) is 7.22. The van der Waals surface area contributed by atoms with Gasteiger partial charge in [-0.1, -0.05) is 6.07 Å². The van der Waals surface area contributed by atoms with E-state index in [1.54, 1.807) is 0 Å². The highest BCUT2D eigenvalue weighted by atomic mass is 15.0. The molecule has 1 aromatic rings. The largest absolute Gasteiger partial charge is 0.373 e. The van der Waals surface area contributed by atoms with Crippen LogP contribution in [0.4, 0.5) is 5.82 Å². The Morgan fingerprint density at radius 1 is 1.50 bits per heavy atom. The van der Waals surface area contributed by atoms with E-state index in [2.05, 4.69) is 21.7 Å². The van der Waals surface area contributed by atoms with Crippen molar-refractivity contribution in [2.75, 3.05) is 18.9 Å². The molecule has 2 heterocycles. The van der Waals surface area contributed by atoms with Crippen LogP contribution in [0, 0.1) is 0 Å². The normalized spacial score (nSPS) is 15.4. The van der Waals surface area contributed by atoms with Gasteiger partial charge in [0.25, 0.3) is 0 Å². The van der Waals surface area contributed by atoms with Crippen LogP contribution in [0.1, 0.15) is 11.3 Å². The maximum absolute atomic E-state index is 4.48. The summed E-state index contributed by atoms with van der Waals surface area (Å²) in [7, 11) is 1.90. The van der Waals surface area contributed by atoms with Crippen molar-refractivity contribution in [1.82, 2.24) is 10.3 Å². The molecule has 1 aliphatic rings. The van der Waals surface area contributed by atoms with Crippen molar-refractivity contribution in [3.05, 3.63) is 23.4 Å². The fourth-order valence-electron chi connectivity index (χ4n) is 1.48. The molecular formula is C9H13N3. The van der Waals surface area contributed by atoms with Crippen molar-refractivity contribution in [2.45, 2.75) is 13.0 Å². The molecule has 1 aliphatic heterocycles. The van der Waals surface area contributed by atoms with Crippen LogP contribution >= 0.6 is 0 Å². The lowest BCUT2D eigenvalue weighted by Crippen LogP contribution is -2.24. The first-order valence-electron chi connectivity index (χ1n) is 4.27. The lowest BCUT2D eigenvalue weighted by molar-refractivity contribution is 0.631. The molecule has 12 heavy (non-hydrogen) atoms. The first-order chi connectivity index (χ1) is 5.90. The first-order valence-corrected chi connectivity index (χ1v) is 4.27. The van der Waals surface area contributed by atoms with Crippen LogP contribution in [0.5, 0.6) is 0 Å². The van der Waals surface area contributed by atoms with Gasteiger partial charge in [0, 0.05) is 32.3 Å². The molecule has 0 saturated carbocycles. The number of pyridine rings is 1. The summed E-state index contributed by atoms with van der Waals surface area (Å²) in [5.74, 6) is 0.968. The van der Waals surface area contributed by atoms with Gasteiger partial charge in [-0.05, 0) is 11.6 Å². The molecule has 2 N–H and O–H groups in total. The molecule has 0 amide bonds. The number of hydrogen-bond donors (Lipinski definition) is 2. The minimum absolute atomic E-state index is 0.965. The van der Waals surface area contributed by atoms with E-state index in [4.69, 9.17) is 0 Å². The second-order valence-corrected chi connectivity index (χ2v) is 2.98. The molecule has 0 fully saturated rings. The quantitative estimate of drug-likeness (QED) is 0.642. The predicted octanol–water partition coefficient (Wildman–Crippen LogP) is 0.769. The Hall–Kier alpha value is -1.09. The molecule has 0 saturated heterocycles. The summed E-state index contributed by atoms with van der Waals surface area (Å²) in [5.41, 5.74) is 2.57. The number of anilines is 1. The van der Waals surface area contributed by atoms with Gasteiger partial charge in [-0.3, -0.25) is 0 Å². The Morgan fingerprint density at radius 2 is 2.42 bits per heavy atom. The number of nitrogens with zero attached hydrogens (tertiary/aromatic N) is 1. The third-order valence-electron chi connectivity index (χ3n) is 2.18. The van der Waals surface area contributed by atoms with Crippen LogP contribution in [-0.4, -0.2) is 18.6 Å². The Bertz CT molecular complexity index is 283. The summed E-state index contributed by atoms with van der Waals surface area (Å²) in [5, 5.41) is 6.36. The molecule has 64 valence electrons. The van der Waals surface area contributed by atoms with Gasteiger partial charge in [0.15, 0.2) is 0 Å². The van der Waals surface area contributed by atoms with E-state index in [0.29, 0.717) is 0 Å². The van der Waals surface area contributed by atoms with Crippen molar-refractivity contribution in [2.24, 2.45) is 0 Å².